The van der Waals surface area contributed by atoms with Gasteiger partial charge < -0.3 is 15.5 Å². The first-order valence-corrected chi connectivity index (χ1v) is 11.9. The van der Waals surface area contributed by atoms with Gasteiger partial charge in [0.15, 0.2) is 0 Å². The lowest BCUT2D eigenvalue weighted by Crippen LogP contribution is -2.35. The van der Waals surface area contributed by atoms with Crippen molar-refractivity contribution in [2.24, 2.45) is 23.2 Å². The van der Waals surface area contributed by atoms with Gasteiger partial charge in [0.1, 0.15) is 0 Å². The van der Waals surface area contributed by atoms with Crippen LogP contribution in [0, 0.1) is 23.2 Å². The highest BCUT2D eigenvalue weighted by molar-refractivity contribution is 6.02. The van der Waals surface area contributed by atoms with Crippen molar-refractivity contribution in [3.8, 4) is 0 Å². The number of carbonyl (C=O) groups excluding carboxylic acids is 2. The third-order valence-electron chi connectivity index (χ3n) is 5.81. The van der Waals surface area contributed by atoms with Crippen LogP contribution in [0.1, 0.15) is 84.5 Å². The minimum Gasteiger partial charge on any atom is -0.371 e. The molecular weight excluding hydrogens is 386 g/mol. The summed E-state index contributed by atoms with van der Waals surface area (Å²) in [7, 11) is 0. The molecule has 0 bridgehead atoms. The molecule has 2 amide bonds. The van der Waals surface area contributed by atoms with Gasteiger partial charge in [-0.1, -0.05) is 48.5 Å². The molecule has 0 unspecified atom stereocenters. The summed E-state index contributed by atoms with van der Waals surface area (Å²) in [5.74, 6) is 1.35. The number of hydrogen-bond donors (Lipinski definition) is 2. The predicted octanol–water partition coefficient (Wildman–Crippen LogP) is 5.71. The summed E-state index contributed by atoms with van der Waals surface area (Å²) in [4.78, 5) is 27.9. The molecule has 1 aromatic rings. The topological polar surface area (TPSA) is 61.4 Å². The molecular formula is C26H43N3O2. The Morgan fingerprint density at radius 3 is 2.35 bits per heavy atom. The molecule has 0 radical (unpaired) electrons. The van der Waals surface area contributed by atoms with Gasteiger partial charge in [0, 0.05) is 37.4 Å². The highest BCUT2D eigenvalue weighted by Crippen LogP contribution is 2.30. The van der Waals surface area contributed by atoms with Crippen LogP contribution in [0.4, 0.5) is 11.4 Å². The highest BCUT2D eigenvalue weighted by Gasteiger charge is 2.22. The van der Waals surface area contributed by atoms with E-state index in [2.05, 4.69) is 64.0 Å². The maximum absolute atomic E-state index is 13.0. The van der Waals surface area contributed by atoms with Gasteiger partial charge in [-0.2, -0.15) is 0 Å². The molecule has 1 aliphatic heterocycles. The van der Waals surface area contributed by atoms with Crippen LogP contribution < -0.4 is 15.5 Å². The average molecular weight is 430 g/mol. The Balaban J connectivity index is 2.16. The van der Waals surface area contributed by atoms with Gasteiger partial charge in [-0.05, 0) is 60.6 Å². The molecule has 1 saturated heterocycles. The molecule has 0 aromatic heterocycles. The molecule has 0 aliphatic carbocycles. The molecule has 5 heteroatoms. The maximum atomic E-state index is 13.0. The Labute approximate surface area is 189 Å². The molecule has 0 spiro atoms. The van der Waals surface area contributed by atoms with Crippen molar-refractivity contribution in [1.29, 1.82) is 0 Å². The zero-order valence-corrected chi connectivity index (χ0v) is 20.7. The van der Waals surface area contributed by atoms with Crippen molar-refractivity contribution >= 4 is 23.2 Å². The molecule has 2 rings (SSSR count). The number of piperidine rings is 1. The van der Waals surface area contributed by atoms with Crippen LogP contribution in [0.25, 0.3) is 0 Å². The van der Waals surface area contributed by atoms with Crippen LogP contribution in [0.5, 0.6) is 0 Å². The van der Waals surface area contributed by atoms with Gasteiger partial charge in [-0.15, -0.1) is 0 Å². The van der Waals surface area contributed by atoms with Crippen molar-refractivity contribution in [3.05, 3.63) is 23.8 Å². The predicted molar refractivity (Wildman–Crippen MR) is 131 cm³/mol. The van der Waals surface area contributed by atoms with Crippen LogP contribution in [-0.4, -0.2) is 31.4 Å². The van der Waals surface area contributed by atoms with E-state index >= 15 is 0 Å². The van der Waals surface area contributed by atoms with Crippen LogP contribution >= 0.6 is 0 Å². The summed E-state index contributed by atoms with van der Waals surface area (Å²) in [5, 5.41) is 6.07. The largest absolute Gasteiger partial charge is 0.371 e. The van der Waals surface area contributed by atoms with E-state index in [-0.39, 0.29) is 17.2 Å². The first kappa shape index (κ1) is 25.2. The van der Waals surface area contributed by atoms with Crippen LogP contribution in [-0.2, 0) is 4.79 Å². The fourth-order valence-corrected chi connectivity index (χ4v) is 4.36. The fourth-order valence-electron chi connectivity index (χ4n) is 4.36. The molecule has 5 nitrogen and oxygen atoms in total. The van der Waals surface area contributed by atoms with Gasteiger partial charge >= 0.3 is 0 Å². The van der Waals surface area contributed by atoms with Gasteiger partial charge in [0.05, 0.1) is 5.56 Å². The lowest BCUT2D eigenvalue weighted by Gasteiger charge is -2.33. The number of amides is 2. The summed E-state index contributed by atoms with van der Waals surface area (Å²) in [6.45, 7) is 17.7. The quantitative estimate of drug-likeness (QED) is 0.556. The number of nitrogens with zero attached hydrogens (tertiary/aromatic N) is 1. The summed E-state index contributed by atoms with van der Waals surface area (Å²) >= 11 is 0. The number of hydrogen-bond acceptors (Lipinski definition) is 3. The number of carbonyl (C=O) groups is 2. The second-order valence-electron chi connectivity index (χ2n) is 11.1. The van der Waals surface area contributed by atoms with Gasteiger partial charge in [-0.3, -0.25) is 9.59 Å². The molecule has 174 valence electrons. The van der Waals surface area contributed by atoms with Crippen molar-refractivity contribution < 1.29 is 9.59 Å². The van der Waals surface area contributed by atoms with Crippen LogP contribution in [0.3, 0.4) is 0 Å². The normalized spacial score (nSPS) is 16.3. The Morgan fingerprint density at radius 2 is 1.77 bits per heavy atom. The second kappa shape index (κ2) is 11.0. The Morgan fingerprint density at radius 1 is 1.13 bits per heavy atom. The summed E-state index contributed by atoms with van der Waals surface area (Å²) in [6.07, 6.45) is 3.75. The zero-order valence-electron chi connectivity index (χ0n) is 20.7. The molecule has 1 fully saturated rings. The van der Waals surface area contributed by atoms with Crippen molar-refractivity contribution in [2.45, 2.75) is 74.1 Å². The molecule has 1 aliphatic rings. The highest BCUT2D eigenvalue weighted by atomic mass is 16.2. The Hall–Kier alpha value is -2.04. The molecule has 1 heterocycles. The third kappa shape index (κ3) is 8.54. The lowest BCUT2D eigenvalue weighted by molar-refractivity contribution is -0.117. The van der Waals surface area contributed by atoms with Gasteiger partial charge in [0.25, 0.3) is 5.91 Å². The van der Waals surface area contributed by atoms with E-state index in [1.807, 2.05) is 18.2 Å². The molecule has 2 N–H and O–H groups in total. The minimum atomic E-state index is -0.0699. The SMILES string of the molecule is CC(C)CNC(=O)c1cc(NC(=O)C[C@H](C)CC(C)(C)C)ccc1N1CCC(C)CC1. The summed E-state index contributed by atoms with van der Waals surface area (Å²) in [6, 6.07) is 5.77. The van der Waals surface area contributed by atoms with Gasteiger partial charge in [0.2, 0.25) is 5.91 Å². The van der Waals surface area contributed by atoms with E-state index in [4.69, 9.17) is 0 Å². The van der Waals surface area contributed by atoms with E-state index in [0.29, 0.717) is 36.1 Å². The first-order valence-electron chi connectivity index (χ1n) is 11.9. The Bertz CT molecular complexity index is 744. The smallest absolute Gasteiger partial charge is 0.253 e. The van der Waals surface area contributed by atoms with Crippen molar-refractivity contribution in [1.82, 2.24) is 5.32 Å². The monoisotopic (exact) mass is 429 g/mol. The fraction of sp³-hybridized carbons (Fsp3) is 0.692. The van der Waals surface area contributed by atoms with E-state index in [1.165, 1.54) is 0 Å². The third-order valence-corrected chi connectivity index (χ3v) is 5.81. The van der Waals surface area contributed by atoms with E-state index < -0.39 is 0 Å². The number of benzene rings is 1. The van der Waals surface area contributed by atoms with E-state index in [1.54, 1.807) is 0 Å². The van der Waals surface area contributed by atoms with E-state index in [0.717, 1.165) is 44.0 Å². The standard InChI is InChI=1S/C26H43N3O2/c1-18(2)17-27-25(31)22-15-21(28-24(30)14-20(4)16-26(5,6)7)8-9-23(22)29-12-10-19(3)11-13-29/h8-9,15,18-20H,10-14,16-17H2,1-7H3,(H,27,31)(H,28,30)/t20-/m0/s1. The van der Waals surface area contributed by atoms with Crippen LogP contribution in [0.15, 0.2) is 18.2 Å². The van der Waals surface area contributed by atoms with Crippen LogP contribution in [0.2, 0.25) is 0 Å². The van der Waals surface area contributed by atoms with Crippen molar-refractivity contribution in [2.75, 3.05) is 29.9 Å². The number of nitrogens with one attached hydrogen (secondary N) is 2. The van der Waals surface area contributed by atoms with Crippen molar-refractivity contribution in [3.63, 3.8) is 0 Å². The number of rotatable bonds is 8. The zero-order chi connectivity index (χ0) is 23.2. The maximum Gasteiger partial charge on any atom is 0.253 e. The number of anilines is 2. The second-order valence-corrected chi connectivity index (χ2v) is 11.1. The summed E-state index contributed by atoms with van der Waals surface area (Å²) in [5.41, 5.74) is 2.51. The lowest BCUT2D eigenvalue weighted by atomic mass is 9.84. The molecule has 0 saturated carbocycles. The van der Waals surface area contributed by atoms with E-state index in [9.17, 15) is 9.59 Å². The summed E-state index contributed by atoms with van der Waals surface area (Å²) < 4.78 is 0. The Kier molecular flexibility index (Phi) is 8.96. The average Bonchev–Trinajstić information content (AvgIpc) is 2.65. The first-order chi connectivity index (χ1) is 14.4. The molecule has 31 heavy (non-hydrogen) atoms. The van der Waals surface area contributed by atoms with Gasteiger partial charge in [-0.25, -0.2) is 0 Å². The molecule has 1 aromatic carbocycles. The molecule has 1 atom stereocenters. The minimum absolute atomic E-state index is 0.00448.